The van der Waals surface area contributed by atoms with E-state index < -0.39 is 10.1 Å². The molecule has 1 N–H and O–H groups in total. The number of amides is 1. The van der Waals surface area contributed by atoms with E-state index in [0.717, 1.165) is 0 Å². The molecule has 16 heavy (non-hydrogen) atoms. The van der Waals surface area contributed by atoms with Gasteiger partial charge in [0.1, 0.15) is 0 Å². The topological polar surface area (TPSA) is 86.3 Å². The fourth-order valence-corrected chi connectivity index (χ4v) is 1.60. The van der Waals surface area contributed by atoms with E-state index in [1.54, 1.807) is 0 Å². The molecule has 0 aromatic carbocycles. The summed E-state index contributed by atoms with van der Waals surface area (Å²) in [5.74, 6) is -0.646. The summed E-state index contributed by atoms with van der Waals surface area (Å²) in [6, 6.07) is 0. The Morgan fingerprint density at radius 2 is 2.06 bits per heavy atom. The van der Waals surface area contributed by atoms with E-state index in [0.29, 0.717) is 17.7 Å². The van der Waals surface area contributed by atoms with Gasteiger partial charge in [-0.25, -0.2) is 8.42 Å². The highest BCUT2D eigenvalue weighted by atomic mass is 32.2. The van der Waals surface area contributed by atoms with E-state index in [1.165, 1.54) is 6.08 Å². The van der Waals surface area contributed by atoms with E-state index in [2.05, 4.69) is 11.9 Å². The minimum Gasteiger partial charge on any atom is -0.748 e. The summed E-state index contributed by atoms with van der Waals surface area (Å²) in [5, 5.41) is 2.61. The molecule has 0 aromatic heterocycles. The van der Waals surface area contributed by atoms with Crippen LogP contribution in [0.1, 0.15) is 6.42 Å². The van der Waals surface area contributed by atoms with Crippen LogP contribution < -0.4 is 5.32 Å². The van der Waals surface area contributed by atoms with Crippen LogP contribution in [0.5, 0.6) is 0 Å². The quantitative estimate of drug-likeness (QED) is 0.279. The van der Waals surface area contributed by atoms with E-state index in [-0.39, 0.29) is 18.1 Å². The smallest absolute Gasteiger partial charge is 0.247 e. The van der Waals surface area contributed by atoms with Gasteiger partial charge in [0.25, 0.3) is 0 Å². The first-order valence-corrected chi connectivity index (χ1v) is 6.40. The summed E-state index contributed by atoms with van der Waals surface area (Å²) in [6.45, 7) is 4.18. The van der Waals surface area contributed by atoms with Crippen molar-refractivity contribution in [3.63, 3.8) is 0 Å². The van der Waals surface area contributed by atoms with E-state index in [9.17, 15) is 17.8 Å². The highest BCUT2D eigenvalue weighted by Gasteiger charge is 2.15. The van der Waals surface area contributed by atoms with Crippen LogP contribution in [0.3, 0.4) is 0 Å². The van der Waals surface area contributed by atoms with Crippen LogP contribution in [0.25, 0.3) is 0 Å². The maximum Gasteiger partial charge on any atom is 0.247 e. The number of carbonyl (C=O) groups is 1. The van der Waals surface area contributed by atoms with Crippen molar-refractivity contribution in [3.05, 3.63) is 12.7 Å². The van der Waals surface area contributed by atoms with Crippen molar-refractivity contribution < 1.29 is 22.2 Å². The molecule has 94 valence electrons. The molecule has 0 saturated heterocycles. The normalized spacial score (nSPS) is 12.2. The lowest BCUT2D eigenvalue weighted by Gasteiger charge is -2.29. The third-order valence-electron chi connectivity index (χ3n) is 2.02. The van der Waals surface area contributed by atoms with Gasteiger partial charge < -0.3 is 14.4 Å². The van der Waals surface area contributed by atoms with Crippen LogP contribution in [0, 0.1) is 0 Å². The second-order valence-corrected chi connectivity index (χ2v) is 5.70. The highest BCUT2D eigenvalue weighted by molar-refractivity contribution is 7.85. The van der Waals surface area contributed by atoms with Crippen molar-refractivity contribution in [2.75, 3.05) is 33.1 Å². The molecule has 0 atom stereocenters. The number of carbonyl (C=O) groups excluding carboxylic acids is 1. The van der Waals surface area contributed by atoms with Crippen LogP contribution >= 0.6 is 0 Å². The Bertz CT molecular complexity index is 349. The second kappa shape index (κ2) is 5.97. The number of quaternary nitrogens is 1. The van der Waals surface area contributed by atoms with Gasteiger partial charge >= 0.3 is 0 Å². The minimum atomic E-state index is -4.15. The lowest BCUT2D eigenvalue weighted by atomic mass is 10.4. The molecule has 0 aliphatic rings. The van der Waals surface area contributed by atoms with Crippen LogP contribution in [-0.4, -0.2) is 56.4 Å². The molecule has 1 amide bonds. The molecule has 0 fully saturated rings. The van der Waals surface area contributed by atoms with Gasteiger partial charge in [0.15, 0.2) is 6.67 Å². The Labute approximate surface area is 96.3 Å². The predicted molar refractivity (Wildman–Crippen MR) is 59.4 cm³/mol. The van der Waals surface area contributed by atoms with Gasteiger partial charge in [0.05, 0.1) is 30.8 Å². The van der Waals surface area contributed by atoms with Gasteiger partial charge in [-0.1, -0.05) is 6.58 Å². The average molecular weight is 250 g/mol. The summed E-state index contributed by atoms with van der Waals surface area (Å²) in [7, 11) is -0.478. The maximum atomic E-state index is 10.9. The summed E-state index contributed by atoms with van der Waals surface area (Å²) in [6.07, 6.45) is 1.45. The zero-order valence-electron chi connectivity index (χ0n) is 9.60. The lowest BCUT2D eigenvalue weighted by Crippen LogP contribution is -2.48. The SMILES string of the molecule is C=CC(=O)NC[N+](C)(C)CCCS(=O)(=O)[O-]. The number of rotatable bonds is 7. The van der Waals surface area contributed by atoms with Crippen molar-refractivity contribution in [2.24, 2.45) is 0 Å². The first-order chi connectivity index (χ1) is 7.16. The largest absolute Gasteiger partial charge is 0.748 e. The number of nitrogens with one attached hydrogen (secondary N) is 1. The van der Waals surface area contributed by atoms with Crippen LogP contribution in [0.4, 0.5) is 0 Å². The first kappa shape index (κ1) is 15.1. The molecule has 0 radical (unpaired) electrons. The highest BCUT2D eigenvalue weighted by Crippen LogP contribution is 1.99. The van der Waals surface area contributed by atoms with Crippen molar-refractivity contribution in [2.45, 2.75) is 6.42 Å². The average Bonchev–Trinajstić information content (AvgIpc) is 2.12. The summed E-state index contributed by atoms with van der Waals surface area (Å²) < 4.78 is 31.6. The van der Waals surface area contributed by atoms with Crippen molar-refractivity contribution in [1.82, 2.24) is 5.32 Å². The Morgan fingerprint density at radius 1 is 1.50 bits per heavy atom. The van der Waals surface area contributed by atoms with Gasteiger partial charge in [0.2, 0.25) is 5.91 Å². The van der Waals surface area contributed by atoms with Crippen LogP contribution in [-0.2, 0) is 14.9 Å². The summed E-state index contributed by atoms with van der Waals surface area (Å²) in [5.41, 5.74) is 0. The van der Waals surface area contributed by atoms with Crippen LogP contribution in [0.15, 0.2) is 12.7 Å². The molecule has 0 unspecified atom stereocenters. The predicted octanol–water partition coefficient (Wildman–Crippen LogP) is -0.742. The van der Waals surface area contributed by atoms with Crippen LogP contribution in [0.2, 0.25) is 0 Å². The van der Waals surface area contributed by atoms with Gasteiger partial charge in [-0.05, 0) is 6.08 Å². The molecule has 0 aliphatic carbocycles. The molecule has 0 aromatic rings. The molecule has 0 heterocycles. The third kappa shape index (κ3) is 8.39. The third-order valence-corrected chi connectivity index (χ3v) is 2.81. The summed E-state index contributed by atoms with van der Waals surface area (Å²) >= 11 is 0. The molecule has 7 heteroatoms. The number of hydrogen-bond acceptors (Lipinski definition) is 4. The van der Waals surface area contributed by atoms with Gasteiger partial charge in [0, 0.05) is 12.2 Å². The van der Waals surface area contributed by atoms with Gasteiger partial charge in [-0.3, -0.25) is 4.79 Å². The fourth-order valence-electron chi connectivity index (χ4n) is 1.11. The molecule has 0 bridgehead atoms. The zero-order chi connectivity index (χ0) is 12.8. The Morgan fingerprint density at radius 3 is 2.50 bits per heavy atom. The van der Waals surface area contributed by atoms with Gasteiger partial charge in [-0.15, -0.1) is 0 Å². The molecule has 0 aliphatic heterocycles. The molecular weight excluding hydrogens is 232 g/mol. The first-order valence-electron chi connectivity index (χ1n) is 4.82. The number of hydrogen-bond donors (Lipinski definition) is 1. The Kier molecular flexibility index (Phi) is 5.63. The van der Waals surface area contributed by atoms with Crippen molar-refractivity contribution >= 4 is 16.0 Å². The summed E-state index contributed by atoms with van der Waals surface area (Å²) in [4.78, 5) is 10.9. The molecule has 0 spiro atoms. The van der Waals surface area contributed by atoms with Crippen molar-refractivity contribution in [3.8, 4) is 0 Å². The molecule has 0 rings (SSSR count). The maximum absolute atomic E-state index is 10.9. The molecule has 6 nitrogen and oxygen atoms in total. The standard InChI is InChI=1S/C9H18N2O4S/c1-4-9(12)10-8-11(2,3)6-5-7-16(13,14)15/h4H,1,5-8H2,2-3H3,(H-,10,12,13,14,15). The lowest BCUT2D eigenvalue weighted by molar-refractivity contribution is -0.892. The van der Waals surface area contributed by atoms with E-state index in [4.69, 9.17) is 0 Å². The van der Waals surface area contributed by atoms with Gasteiger partial charge in [-0.2, -0.15) is 0 Å². The van der Waals surface area contributed by atoms with Crippen molar-refractivity contribution in [1.29, 1.82) is 0 Å². The molecular formula is C9H18N2O4S. The Hall–Kier alpha value is -0.920. The van der Waals surface area contributed by atoms with E-state index in [1.807, 2.05) is 14.1 Å². The Balaban J connectivity index is 3.96. The fraction of sp³-hybridized carbons (Fsp3) is 0.667. The monoisotopic (exact) mass is 250 g/mol. The van der Waals surface area contributed by atoms with E-state index >= 15 is 0 Å². The zero-order valence-corrected chi connectivity index (χ0v) is 10.4. The number of nitrogens with zero attached hydrogens (tertiary/aromatic N) is 1. The second-order valence-electron chi connectivity index (χ2n) is 4.18. The minimum absolute atomic E-state index is 0.275. The molecule has 0 saturated carbocycles.